The normalized spacial score (nSPS) is 18.6. The monoisotopic (exact) mass is 525 g/mol. The molecule has 3 aromatic carbocycles. The summed E-state index contributed by atoms with van der Waals surface area (Å²) in [4.78, 5) is 28.7. The maximum Gasteiger partial charge on any atom is 0.410 e. The molecule has 0 radical (unpaired) electrons. The lowest BCUT2D eigenvalue weighted by Crippen LogP contribution is -2.47. The minimum Gasteiger partial charge on any atom is -0.444 e. The van der Waals surface area contributed by atoms with Crippen molar-refractivity contribution in [3.8, 4) is 11.1 Å². The summed E-state index contributed by atoms with van der Waals surface area (Å²) >= 11 is 0. The third-order valence-corrected chi connectivity index (χ3v) is 7.83. The number of ether oxygens (including phenoxy) is 1. The topological polar surface area (TPSA) is 46.6 Å². The van der Waals surface area contributed by atoms with E-state index in [1.54, 1.807) is 4.90 Å². The number of hydrogen-bond donors (Lipinski definition) is 0. The summed E-state index contributed by atoms with van der Waals surface area (Å²) in [5, 5.41) is 0. The molecule has 206 valence electrons. The fourth-order valence-electron chi connectivity index (χ4n) is 5.82. The first-order valence-corrected chi connectivity index (χ1v) is 14.3. The van der Waals surface area contributed by atoms with Crippen molar-refractivity contribution in [2.24, 2.45) is 11.8 Å². The Morgan fingerprint density at radius 1 is 0.897 bits per heavy atom. The maximum absolute atomic E-state index is 14.0. The molecule has 4 heteroatoms. The Bertz CT molecular complexity index is 1230. The van der Waals surface area contributed by atoms with Gasteiger partial charge < -0.3 is 9.64 Å². The van der Waals surface area contributed by atoms with Crippen LogP contribution in [-0.2, 0) is 9.53 Å². The van der Waals surface area contributed by atoms with Crippen molar-refractivity contribution in [1.29, 1.82) is 0 Å². The molecule has 4 nitrogen and oxygen atoms in total. The Balaban J connectivity index is 1.58. The van der Waals surface area contributed by atoms with Gasteiger partial charge in [-0.1, -0.05) is 98.8 Å². The van der Waals surface area contributed by atoms with Gasteiger partial charge in [0, 0.05) is 25.4 Å². The molecule has 0 N–H and O–H groups in total. The zero-order chi connectivity index (χ0) is 28.0. The summed E-state index contributed by atoms with van der Waals surface area (Å²) in [6.07, 6.45) is 1.71. The number of carbonyl (C=O) groups is 2. The number of Topliss-reactive ketones (excluding diaryl/α,β-unsaturated/α-hetero) is 1. The Morgan fingerprint density at radius 3 is 2.18 bits per heavy atom. The number of benzene rings is 3. The molecule has 1 saturated heterocycles. The van der Waals surface area contributed by atoms with Crippen LogP contribution in [0.2, 0.25) is 0 Å². The molecule has 1 amide bonds. The van der Waals surface area contributed by atoms with E-state index in [0.717, 1.165) is 24.0 Å². The average molecular weight is 526 g/mol. The highest BCUT2D eigenvalue weighted by molar-refractivity contribution is 5.83. The van der Waals surface area contributed by atoms with Gasteiger partial charge >= 0.3 is 6.09 Å². The van der Waals surface area contributed by atoms with E-state index in [2.05, 4.69) is 74.5 Å². The van der Waals surface area contributed by atoms with Crippen molar-refractivity contribution in [1.82, 2.24) is 4.90 Å². The number of piperidine rings is 1. The second-order valence-electron chi connectivity index (χ2n) is 12.2. The highest BCUT2D eigenvalue weighted by Crippen LogP contribution is 2.38. The van der Waals surface area contributed by atoms with Crippen LogP contribution >= 0.6 is 0 Å². The standard InChI is InChI=1S/C35H43NO3/c1-25(2)30(27-15-10-7-11-16-27)19-20-33(37)32-24-36(34(38)39-35(3,4)5)22-21-31(32)29-18-12-17-28(23-29)26-13-8-6-9-14-26/h6-18,23,25,30-32H,19-22,24H2,1-5H3/t30?,31-,32+/m1/s1. The van der Waals surface area contributed by atoms with Gasteiger partial charge in [-0.05, 0) is 73.6 Å². The maximum atomic E-state index is 14.0. The van der Waals surface area contributed by atoms with Crippen molar-refractivity contribution in [2.75, 3.05) is 13.1 Å². The molecule has 1 unspecified atom stereocenters. The number of nitrogens with zero attached hydrogens (tertiary/aromatic N) is 1. The Labute approximate surface area is 234 Å². The van der Waals surface area contributed by atoms with Gasteiger partial charge in [-0.3, -0.25) is 4.79 Å². The Hall–Kier alpha value is -3.40. The number of hydrogen-bond acceptors (Lipinski definition) is 3. The molecule has 0 aromatic heterocycles. The van der Waals surface area contributed by atoms with Crippen LogP contribution in [0, 0.1) is 11.8 Å². The molecule has 0 bridgehead atoms. The minimum absolute atomic E-state index is 0.0640. The molecule has 3 aromatic rings. The van der Waals surface area contributed by atoms with E-state index >= 15 is 0 Å². The molecule has 0 saturated carbocycles. The fourth-order valence-corrected chi connectivity index (χ4v) is 5.82. The van der Waals surface area contributed by atoms with E-state index in [1.807, 2.05) is 45.0 Å². The van der Waals surface area contributed by atoms with Crippen LogP contribution < -0.4 is 0 Å². The number of amides is 1. The molecule has 4 rings (SSSR count). The van der Waals surface area contributed by atoms with Crippen LogP contribution in [0.25, 0.3) is 11.1 Å². The lowest BCUT2D eigenvalue weighted by Gasteiger charge is -2.39. The average Bonchev–Trinajstić information content (AvgIpc) is 2.93. The fraction of sp³-hybridized carbons (Fsp3) is 0.429. The number of carbonyl (C=O) groups excluding carboxylic acids is 2. The molecule has 1 fully saturated rings. The summed E-state index contributed by atoms with van der Waals surface area (Å²) in [7, 11) is 0. The smallest absolute Gasteiger partial charge is 0.410 e. The zero-order valence-corrected chi connectivity index (χ0v) is 24.1. The van der Waals surface area contributed by atoms with Gasteiger partial charge in [0.25, 0.3) is 0 Å². The lowest BCUT2D eigenvalue weighted by atomic mass is 9.75. The van der Waals surface area contributed by atoms with Gasteiger partial charge in [-0.25, -0.2) is 4.79 Å². The van der Waals surface area contributed by atoms with Crippen LogP contribution in [0.1, 0.15) is 76.8 Å². The van der Waals surface area contributed by atoms with E-state index in [0.29, 0.717) is 31.3 Å². The van der Waals surface area contributed by atoms with Crippen LogP contribution in [0.4, 0.5) is 4.79 Å². The minimum atomic E-state index is -0.572. The predicted octanol–water partition coefficient (Wildman–Crippen LogP) is 8.48. The Morgan fingerprint density at radius 2 is 1.54 bits per heavy atom. The molecule has 1 aliphatic rings. The van der Waals surface area contributed by atoms with Crippen LogP contribution in [0.15, 0.2) is 84.9 Å². The predicted molar refractivity (Wildman–Crippen MR) is 159 cm³/mol. The van der Waals surface area contributed by atoms with Crippen LogP contribution in [-0.4, -0.2) is 35.5 Å². The van der Waals surface area contributed by atoms with Crippen molar-refractivity contribution in [2.45, 2.75) is 71.3 Å². The largest absolute Gasteiger partial charge is 0.444 e. The number of likely N-dealkylation sites (tertiary alicyclic amines) is 1. The van der Waals surface area contributed by atoms with Gasteiger partial charge in [-0.15, -0.1) is 0 Å². The molecule has 1 heterocycles. The quantitative estimate of drug-likeness (QED) is 0.296. The molecular weight excluding hydrogens is 482 g/mol. The van der Waals surface area contributed by atoms with Crippen molar-refractivity contribution in [3.05, 3.63) is 96.1 Å². The first-order valence-electron chi connectivity index (χ1n) is 14.3. The van der Waals surface area contributed by atoms with Gasteiger partial charge in [0.15, 0.2) is 0 Å². The second kappa shape index (κ2) is 12.6. The van der Waals surface area contributed by atoms with E-state index in [9.17, 15) is 9.59 Å². The van der Waals surface area contributed by atoms with Gasteiger partial charge in [0.2, 0.25) is 0 Å². The van der Waals surface area contributed by atoms with E-state index in [-0.39, 0.29) is 23.7 Å². The van der Waals surface area contributed by atoms with E-state index < -0.39 is 5.60 Å². The van der Waals surface area contributed by atoms with Gasteiger partial charge in [0.1, 0.15) is 11.4 Å². The molecule has 39 heavy (non-hydrogen) atoms. The van der Waals surface area contributed by atoms with E-state index in [4.69, 9.17) is 4.74 Å². The highest BCUT2D eigenvalue weighted by atomic mass is 16.6. The lowest BCUT2D eigenvalue weighted by molar-refractivity contribution is -0.125. The summed E-state index contributed by atoms with van der Waals surface area (Å²) in [6, 6.07) is 29.4. The Kier molecular flexibility index (Phi) is 9.27. The van der Waals surface area contributed by atoms with Gasteiger partial charge in [0.05, 0.1) is 0 Å². The van der Waals surface area contributed by atoms with Crippen LogP contribution in [0.5, 0.6) is 0 Å². The third-order valence-electron chi connectivity index (χ3n) is 7.83. The van der Waals surface area contributed by atoms with Crippen molar-refractivity contribution in [3.63, 3.8) is 0 Å². The first-order chi connectivity index (χ1) is 18.6. The van der Waals surface area contributed by atoms with Crippen molar-refractivity contribution >= 4 is 11.9 Å². The second-order valence-corrected chi connectivity index (χ2v) is 12.2. The van der Waals surface area contributed by atoms with Crippen LogP contribution in [0.3, 0.4) is 0 Å². The van der Waals surface area contributed by atoms with Gasteiger partial charge in [-0.2, -0.15) is 0 Å². The highest BCUT2D eigenvalue weighted by Gasteiger charge is 2.38. The molecule has 3 atom stereocenters. The summed E-state index contributed by atoms with van der Waals surface area (Å²) in [5.41, 5.74) is 4.19. The molecule has 1 aliphatic heterocycles. The summed E-state index contributed by atoms with van der Waals surface area (Å²) < 4.78 is 5.69. The number of rotatable bonds is 8. The zero-order valence-electron chi connectivity index (χ0n) is 24.1. The molecule has 0 spiro atoms. The molecule has 0 aliphatic carbocycles. The SMILES string of the molecule is CC(C)C(CCC(=O)[C@H]1CN(C(=O)OC(C)(C)C)CC[C@@H]1c1cccc(-c2ccccc2)c1)c1ccccc1. The molecular formula is C35H43NO3. The first kappa shape index (κ1) is 28.6. The summed E-state index contributed by atoms with van der Waals surface area (Å²) in [5.74, 6) is 0.790. The van der Waals surface area contributed by atoms with Crippen molar-refractivity contribution < 1.29 is 14.3 Å². The number of ketones is 1. The summed E-state index contributed by atoms with van der Waals surface area (Å²) in [6.45, 7) is 11.1. The third kappa shape index (κ3) is 7.59. The van der Waals surface area contributed by atoms with E-state index in [1.165, 1.54) is 11.1 Å².